The molecule has 26 heavy (non-hydrogen) atoms. The molecular weight excluding hydrogens is 331 g/mol. The van der Waals surface area contributed by atoms with Crippen LogP contribution in [0.25, 0.3) is 0 Å². The number of anilines is 1. The molecule has 1 N–H and O–H groups in total. The molecule has 2 aliphatic carbocycles. The number of nitrogens with zero attached hydrogens (tertiary/aromatic N) is 2. The highest BCUT2D eigenvalue weighted by Gasteiger charge is 2.55. The Morgan fingerprint density at radius 2 is 1.92 bits per heavy atom. The molecule has 2 fully saturated rings. The minimum absolute atomic E-state index is 0.0192. The highest BCUT2D eigenvalue weighted by atomic mass is 19.3. The number of aromatic nitrogens is 2. The first-order chi connectivity index (χ1) is 12.3. The van der Waals surface area contributed by atoms with E-state index in [4.69, 9.17) is 7.85 Å². The zero-order valence-electron chi connectivity index (χ0n) is 14.9. The molecule has 4 rings (SSSR count). The number of hydrogen-bond donors (Lipinski definition) is 1. The molecular formula is C20H22BF2N3. The number of rotatable bonds is 5. The standard InChI is InChI=1S/C20H22BF2N3/c1-18(22,23)14-2-3-16(25-11-14)20-7-5-19(12-20,6-8-20)13-26-17-10-15(21)4-9-24-17/h2-4,9-11H,5-8,12-13H2,1H3,(H,24,26). The fourth-order valence-electron chi connectivity index (χ4n) is 4.71. The first-order valence-electron chi connectivity index (χ1n) is 9.11. The van der Waals surface area contributed by atoms with E-state index in [1.54, 1.807) is 18.3 Å². The van der Waals surface area contributed by atoms with Gasteiger partial charge in [-0.2, -0.15) is 0 Å². The molecule has 0 amide bonds. The van der Waals surface area contributed by atoms with Gasteiger partial charge >= 0.3 is 0 Å². The SMILES string of the molecule is [B]c1ccnc(NCC23CCC(c4ccc(C(C)(F)F)cn4)(CC2)C3)c1. The highest BCUT2D eigenvalue weighted by molar-refractivity contribution is 6.32. The molecule has 2 aliphatic rings. The third kappa shape index (κ3) is 3.10. The molecule has 0 atom stereocenters. The molecule has 0 unspecified atom stereocenters. The Morgan fingerprint density at radius 3 is 2.54 bits per heavy atom. The number of alkyl halides is 2. The Morgan fingerprint density at radius 1 is 1.15 bits per heavy atom. The lowest BCUT2D eigenvalue weighted by atomic mass is 9.80. The van der Waals surface area contributed by atoms with Gasteiger partial charge in [0.25, 0.3) is 5.92 Å². The van der Waals surface area contributed by atoms with Crippen LogP contribution in [0.1, 0.15) is 50.3 Å². The van der Waals surface area contributed by atoms with Gasteiger partial charge in [-0.3, -0.25) is 4.98 Å². The van der Waals surface area contributed by atoms with E-state index in [2.05, 4.69) is 15.3 Å². The van der Waals surface area contributed by atoms with E-state index in [-0.39, 0.29) is 16.4 Å². The summed E-state index contributed by atoms with van der Waals surface area (Å²) in [5, 5.41) is 3.43. The molecule has 2 aromatic heterocycles. The predicted octanol–water partition coefficient (Wildman–Crippen LogP) is 3.70. The second-order valence-corrected chi connectivity index (χ2v) is 8.11. The second-order valence-electron chi connectivity index (χ2n) is 8.11. The first-order valence-corrected chi connectivity index (χ1v) is 9.11. The van der Waals surface area contributed by atoms with Crippen molar-refractivity contribution in [1.82, 2.24) is 9.97 Å². The van der Waals surface area contributed by atoms with Crippen LogP contribution < -0.4 is 10.8 Å². The summed E-state index contributed by atoms with van der Waals surface area (Å²) in [6.07, 6.45) is 8.46. The normalized spacial score (nSPS) is 27.7. The van der Waals surface area contributed by atoms with Crippen LogP contribution in [0.15, 0.2) is 36.7 Å². The van der Waals surface area contributed by atoms with Crippen molar-refractivity contribution >= 4 is 19.1 Å². The number of pyridine rings is 2. The molecule has 2 aromatic rings. The predicted molar refractivity (Wildman–Crippen MR) is 99.1 cm³/mol. The Bertz CT molecular complexity index is 793. The van der Waals surface area contributed by atoms with Gasteiger partial charge in [0.1, 0.15) is 13.7 Å². The van der Waals surface area contributed by atoms with Crippen molar-refractivity contribution in [2.75, 3.05) is 11.9 Å². The van der Waals surface area contributed by atoms with Crippen LogP contribution in [0.2, 0.25) is 0 Å². The van der Waals surface area contributed by atoms with E-state index in [1.165, 1.54) is 12.3 Å². The van der Waals surface area contributed by atoms with E-state index < -0.39 is 5.92 Å². The summed E-state index contributed by atoms with van der Waals surface area (Å²) < 4.78 is 26.9. The van der Waals surface area contributed by atoms with E-state index in [9.17, 15) is 8.78 Å². The molecule has 6 heteroatoms. The van der Waals surface area contributed by atoms with Gasteiger partial charge in [0.15, 0.2) is 0 Å². The molecule has 2 heterocycles. The molecule has 2 bridgehead atoms. The van der Waals surface area contributed by atoms with Gasteiger partial charge in [-0.25, -0.2) is 13.8 Å². The summed E-state index contributed by atoms with van der Waals surface area (Å²) in [5.41, 5.74) is 1.90. The van der Waals surface area contributed by atoms with Gasteiger partial charge < -0.3 is 5.32 Å². The number of fused-ring (bicyclic) bond motifs is 2. The average Bonchev–Trinajstić information content (AvgIpc) is 3.18. The summed E-state index contributed by atoms with van der Waals surface area (Å²) >= 11 is 0. The zero-order chi connectivity index (χ0) is 18.4. The van der Waals surface area contributed by atoms with Crippen molar-refractivity contribution in [3.05, 3.63) is 47.9 Å². The average molecular weight is 353 g/mol. The molecule has 2 radical (unpaired) electrons. The first kappa shape index (κ1) is 17.4. The summed E-state index contributed by atoms with van der Waals surface area (Å²) in [6, 6.07) is 6.96. The van der Waals surface area contributed by atoms with Crippen molar-refractivity contribution in [3.63, 3.8) is 0 Å². The van der Waals surface area contributed by atoms with Crippen LogP contribution in [0.5, 0.6) is 0 Å². The van der Waals surface area contributed by atoms with Crippen molar-refractivity contribution in [3.8, 4) is 0 Å². The Hall–Kier alpha value is -1.98. The minimum atomic E-state index is -2.84. The summed E-state index contributed by atoms with van der Waals surface area (Å²) in [6.45, 7) is 1.77. The van der Waals surface area contributed by atoms with E-state index in [0.717, 1.165) is 57.1 Å². The monoisotopic (exact) mass is 353 g/mol. The van der Waals surface area contributed by atoms with Gasteiger partial charge in [0.2, 0.25) is 0 Å². The minimum Gasteiger partial charge on any atom is -0.370 e. The lowest BCUT2D eigenvalue weighted by Crippen LogP contribution is -2.25. The molecule has 0 spiro atoms. The molecule has 3 nitrogen and oxygen atoms in total. The lowest BCUT2D eigenvalue weighted by Gasteiger charge is -2.28. The van der Waals surface area contributed by atoms with Crippen molar-refractivity contribution in [2.45, 2.75) is 50.4 Å². The van der Waals surface area contributed by atoms with Crippen molar-refractivity contribution < 1.29 is 8.78 Å². The Balaban J connectivity index is 1.47. The quantitative estimate of drug-likeness (QED) is 0.833. The van der Waals surface area contributed by atoms with Crippen LogP contribution in [-0.4, -0.2) is 24.4 Å². The molecule has 0 saturated heterocycles. The maximum Gasteiger partial charge on any atom is 0.272 e. The zero-order valence-corrected chi connectivity index (χ0v) is 14.9. The smallest absolute Gasteiger partial charge is 0.272 e. The number of hydrogen-bond acceptors (Lipinski definition) is 3. The lowest BCUT2D eigenvalue weighted by molar-refractivity contribution is 0.0170. The topological polar surface area (TPSA) is 37.8 Å². The highest BCUT2D eigenvalue weighted by Crippen LogP contribution is 2.61. The summed E-state index contributed by atoms with van der Waals surface area (Å²) in [5.74, 6) is -2.04. The van der Waals surface area contributed by atoms with Gasteiger partial charge in [-0.05, 0) is 55.7 Å². The Kier molecular flexibility index (Phi) is 4.05. The largest absolute Gasteiger partial charge is 0.370 e. The Labute approximate surface area is 154 Å². The molecule has 0 aromatic carbocycles. The molecule has 2 saturated carbocycles. The van der Waals surface area contributed by atoms with Crippen LogP contribution >= 0.6 is 0 Å². The maximum atomic E-state index is 13.4. The third-order valence-corrected chi connectivity index (χ3v) is 6.22. The van der Waals surface area contributed by atoms with Crippen LogP contribution in [-0.2, 0) is 11.3 Å². The van der Waals surface area contributed by atoms with Gasteiger partial charge in [-0.1, -0.05) is 11.5 Å². The van der Waals surface area contributed by atoms with Crippen LogP contribution in [0.4, 0.5) is 14.6 Å². The number of halogens is 2. The van der Waals surface area contributed by atoms with Gasteiger partial charge in [0.05, 0.1) is 0 Å². The second kappa shape index (κ2) is 6.03. The fraction of sp³-hybridized carbons (Fsp3) is 0.500. The van der Waals surface area contributed by atoms with E-state index >= 15 is 0 Å². The van der Waals surface area contributed by atoms with Gasteiger partial charge in [-0.15, -0.1) is 0 Å². The summed E-state index contributed by atoms with van der Waals surface area (Å²) in [7, 11) is 5.81. The number of nitrogens with one attached hydrogen (secondary N) is 1. The van der Waals surface area contributed by atoms with Crippen molar-refractivity contribution in [2.24, 2.45) is 5.41 Å². The third-order valence-electron chi connectivity index (χ3n) is 6.22. The van der Waals surface area contributed by atoms with Crippen LogP contribution in [0.3, 0.4) is 0 Å². The van der Waals surface area contributed by atoms with E-state index in [0.29, 0.717) is 5.46 Å². The van der Waals surface area contributed by atoms with Crippen molar-refractivity contribution in [1.29, 1.82) is 0 Å². The molecule has 134 valence electrons. The molecule has 0 aliphatic heterocycles. The van der Waals surface area contributed by atoms with Gasteiger partial charge in [0, 0.05) is 42.5 Å². The van der Waals surface area contributed by atoms with E-state index in [1.807, 2.05) is 6.07 Å². The fourth-order valence-corrected chi connectivity index (χ4v) is 4.71. The summed E-state index contributed by atoms with van der Waals surface area (Å²) in [4.78, 5) is 8.74. The maximum absolute atomic E-state index is 13.4. The van der Waals surface area contributed by atoms with Crippen LogP contribution in [0, 0.1) is 5.41 Å².